The van der Waals surface area contributed by atoms with Crippen molar-refractivity contribution in [2.24, 2.45) is 5.92 Å². The van der Waals surface area contributed by atoms with Crippen LogP contribution in [-0.4, -0.2) is 15.6 Å². The zero-order chi connectivity index (χ0) is 42.2. The van der Waals surface area contributed by atoms with Gasteiger partial charge >= 0.3 is 32.8 Å². The Morgan fingerprint density at radius 1 is 0.707 bits per heavy atom. The van der Waals surface area contributed by atoms with Crippen molar-refractivity contribution in [3.8, 4) is 17.3 Å². The Morgan fingerprint density at radius 3 is 2.07 bits per heavy atom. The van der Waals surface area contributed by atoms with E-state index in [9.17, 15) is 2.74 Å². The molecule has 6 heteroatoms. The largest absolute Gasteiger partial charge is 2.00 e. The molecule has 5 nitrogen and oxygen atoms in total. The maximum absolute atomic E-state index is 9.31. The molecule has 0 aliphatic carbocycles. The van der Waals surface area contributed by atoms with E-state index in [2.05, 4.69) is 146 Å². The Bertz CT molecular complexity index is 2830. The maximum atomic E-state index is 9.31. The van der Waals surface area contributed by atoms with Crippen LogP contribution < -0.4 is 13.9 Å². The first-order valence-electron chi connectivity index (χ1n) is 21.0. The fourth-order valence-electron chi connectivity index (χ4n) is 7.48. The molecule has 2 aromatic heterocycles. The summed E-state index contributed by atoms with van der Waals surface area (Å²) in [7, 11) is 0. The van der Waals surface area contributed by atoms with Gasteiger partial charge in [-0.2, -0.15) is 12.1 Å². The summed E-state index contributed by atoms with van der Waals surface area (Å²) in [5, 5.41) is 2.18. The van der Waals surface area contributed by atoms with Crippen LogP contribution in [0.15, 0.2) is 109 Å². The van der Waals surface area contributed by atoms with Crippen LogP contribution in [0.25, 0.3) is 27.6 Å². The van der Waals surface area contributed by atoms with Crippen molar-refractivity contribution < 1.29 is 28.5 Å². The molecule has 0 unspecified atom stereocenters. The fourth-order valence-corrected chi connectivity index (χ4v) is 7.48. The summed E-state index contributed by atoms with van der Waals surface area (Å²) in [6, 6.07) is 45.9. The van der Waals surface area contributed by atoms with Crippen molar-refractivity contribution in [3.63, 3.8) is 0 Å². The van der Waals surface area contributed by atoms with Gasteiger partial charge in [0.05, 0.1) is 0 Å². The van der Waals surface area contributed by atoms with E-state index in [-0.39, 0.29) is 43.2 Å². The predicted molar refractivity (Wildman–Crippen MR) is 238 cm³/mol. The van der Waals surface area contributed by atoms with Crippen molar-refractivity contribution >= 4 is 50.6 Å². The van der Waals surface area contributed by atoms with E-state index in [1.54, 1.807) is 0 Å². The second kappa shape index (κ2) is 15.3. The quantitative estimate of drug-likeness (QED) is 0.118. The van der Waals surface area contributed by atoms with Crippen molar-refractivity contribution in [1.29, 1.82) is 0 Å². The van der Waals surface area contributed by atoms with Crippen molar-refractivity contribution in [2.75, 3.05) is 0 Å². The molecule has 0 saturated heterocycles. The molecule has 296 valence electrons. The van der Waals surface area contributed by atoms with Crippen LogP contribution in [-0.2, 0) is 43.7 Å². The van der Waals surface area contributed by atoms with Gasteiger partial charge in [0, 0.05) is 49.7 Å². The number of ether oxygens (including phenoxy) is 1. The molecule has 1 aliphatic heterocycles. The van der Waals surface area contributed by atoms with E-state index < -0.39 is 6.37 Å². The molecule has 0 saturated carbocycles. The molecule has 7 aromatic rings. The van der Waals surface area contributed by atoms with E-state index in [1.807, 2.05) is 71.7 Å². The second-order valence-electron chi connectivity index (χ2n) is 18.6. The number of aromatic nitrogens is 2. The van der Waals surface area contributed by atoms with Gasteiger partial charge in [-0.05, 0) is 73.4 Å². The molecule has 3 heterocycles. The minimum Gasteiger partial charge on any atom is -0.509 e. The number of nitrogens with zero attached hydrogens (tertiary/aromatic N) is 4. The molecule has 5 aromatic carbocycles. The van der Waals surface area contributed by atoms with Gasteiger partial charge < -0.3 is 9.30 Å². The molecule has 58 heavy (non-hydrogen) atoms. The van der Waals surface area contributed by atoms with E-state index in [0.717, 1.165) is 50.4 Å². The molecule has 0 atom stereocenters. The van der Waals surface area contributed by atoms with Crippen molar-refractivity contribution in [2.45, 2.75) is 98.8 Å². The minimum absolute atomic E-state index is 0. The van der Waals surface area contributed by atoms with Crippen LogP contribution in [0.2, 0.25) is 0 Å². The van der Waals surface area contributed by atoms with Crippen LogP contribution in [0.5, 0.6) is 11.5 Å². The molecule has 0 bridgehead atoms. The molecule has 0 N–H and O–H groups in total. The molecule has 8 rings (SSSR count). The molecular weight excluding hydrogens is 892 g/mol. The Morgan fingerprint density at radius 2 is 1.38 bits per heavy atom. The van der Waals surface area contributed by atoms with E-state index in [0.29, 0.717) is 17.1 Å². The first-order valence-corrected chi connectivity index (χ1v) is 20.0. The third-order valence-corrected chi connectivity index (χ3v) is 10.6. The Balaban J connectivity index is 0.00000544. The number of benzene rings is 5. The van der Waals surface area contributed by atoms with Crippen LogP contribution in [0.3, 0.4) is 0 Å². The molecule has 1 aliphatic rings. The number of rotatable bonds is 7. The van der Waals surface area contributed by atoms with Crippen LogP contribution in [0.1, 0.15) is 101 Å². The Hall–Kier alpha value is -5.08. The smallest absolute Gasteiger partial charge is 0.509 e. The summed E-state index contributed by atoms with van der Waals surface area (Å²) in [4.78, 5) is 4.83. The van der Waals surface area contributed by atoms with E-state index in [4.69, 9.17) is 9.72 Å². The SMILES string of the molecule is [2H]C([2H])(c1cccc2c1[N+](c1cc(C(C)(C)C)cc(C(C)(C)C)c1)=C=[N+]2c1[c-]c(Oc2[c-]c3c(cc2)c2ccccc2n3-c2cc(C(C)(C)C)ccn2)ccc1)C(C)C.[Pt+2]. The topological polar surface area (TPSA) is 33.1 Å². The Kier molecular flexibility index (Phi) is 10.1. The Labute approximate surface area is 361 Å². The molecular formula is C52H54N4OPt+2. The summed E-state index contributed by atoms with van der Waals surface area (Å²) in [6.45, 7) is 23.9. The standard InChI is InChI=1S/C52H54N4O.Pt/c1-34(2)26-35-16-14-21-46-49(35)55(40-28-37(51(6,7)8)27-38(29-40)52(9,10)11)33-54(46)39-17-15-18-41(31-39)57-42-22-23-44-43-19-12-13-20-45(43)56(47(44)32-42)48-30-36(24-25-53-48)50(3,4)5;/h12-25,27-30,34H,26H2,1-11H3;/q;+2/i26D2;. The summed E-state index contributed by atoms with van der Waals surface area (Å²) in [5.74, 6) is 1.65. The third kappa shape index (κ3) is 7.88. The van der Waals surface area contributed by atoms with Crippen LogP contribution in [0.4, 0.5) is 22.7 Å². The van der Waals surface area contributed by atoms with Crippen LogP contribution >= 0.6 is 0 Å². The van der Waals surface area contributed by atoms with Gasteiger partial charge in [0.2, 0.25) is 5.69 Å². The van der Waals surface area contributed by atoms with Gasteiger partial charge in [0.15, 0.2) is 0 Å². The summed E-state index contributed by atoms with van der Waals surface area (Å²) >= 11 is 0. The number of hydrogen-bond acceptors (Lipinski definition) is 2. The monoisotopic (exact) mass is 947 g/mol. The zero-order valence-electron chi connectivity index (χ0n) is 37.5. The van der Waals surface area contributed by atoms with Gasteiger partial charge in [-0.25, -0.2) is 4.98 Å². The first-order chi connectivity index (χ1) is 27.7. The summed E-state index contributed by atoms with van der Waals surface area (Å²) in [6.07, 6.45) is 0.276. The fraction of sp³-hybridized carbons (Fsp3) is 0.308. The average Bonchev–Trinajstić information content (AvgIpc) is 3.73. The van der Waals surface area contributed by atoms with E-state index in [1.165, 1.54) is 16.7 Å². The molecule has 0 amide bonds. The summed E-state index contributed by atoms with van der Waals surface area (Å²) < 4.78 is 31.4. The average molecular weight is 948 g/mol. The van der Waals surface area contributed by atoms with Gasteiger partial charge in [0.25, 0.3) is 5.69 Å². The maximum Gasteiger partial charge on any atom is 2.00 e. The molecule has 0 radical (unpaired) electrons. The number of hydrogen-bond donors (Lipinski definition) is 0. The third-order valence-electron chi connectivity index (χ3n) is 10.6. The number of pyridine rings is 1. The van der Waals surface area contributed by atoms with E-state index >= 15 is 0 Å². The second-order valence-corrected chi connectivity index (χ2v) is 18.6. The minimum atomic E-state index is -1.61. The normalized spacial score (nSPS) is 13.9. The molecule has 0 spiro atoms. The molecule has 0 fully saturated rings. The van der Waals surface area contributed by atoms with Gasteiger partial charge in [0.1, 0.15) is 11.5 Å². The predicted octanol–water partition coefficient (Wildman–Crippen LogP) is 13.5. The van der Waals surface area contributed by atoms with Gasteiger partial charge in [-0.3, -0.25) is 0 Å². The zero-order valence-corrected chi connectivity index (χ0v) is 37.8. The number of fused-ring (bicyclic) bond motifs is 4. The van der Waals surface area contributed by atoms with Gasteiger partial charge in [-0.15, -0.1) is 23.6 Å². The van der Waals surface area contributed by atoms with Gasteiger partial charge in [-0.1, -0.05) is 135 Å². The number of para-hydroxylation sites is 2. The summed E-state index contributed by atoms with van der Waals surface area (Å²) in [5.41, 5.74) is 9.16. The van der Waals surface area contributed by atoms with Crippen LogP contribution in [0, 0.1) is 18.1 Å². The van der Waals surface area contributed by atoms with Crippen molar-refractivity contribution in [1.82, 2.24) is 18.7 Å². The van der Waals surface area contributed by atoms with Crippen molar-refractivity contribution in [3.05, 3.63) is 144 Å². The first kappa shape index (κ1) is 38.4.